The second kappa shape index (κ2) is 7.06. The van der Waals surface area contributed by atoms with Crippen molar-refractivity contribution in [3.63, 3.8) is 0 Å². The zero-order chi connectivity index (χ0) is 16.1. The number of aryl methyl sites for hydroxylation is 1. The summed E-state index contributed by atoms with van der Waals surface area (Å²) in [7, 11) is 1.50. The van der Waals surface area contributed by atoms with Crippen molar-refractivity contribution in [2.24, 2.45) is 0 Å². The van der Waals surface area contributed by atoms with Crippen molar-refractivity contribution in [2.45, 2.75) is 19.9 Å². The SMILES string of the molecule is CCOC(=O)c1cn(CCCF)c2c(OC)cccc2c1=O. The van der Waals surface area contributed by atoms with Gasteiger partial charge in [0.05, 0.1) is 31.3 Å². The summed E-state index contributed by atoms with van der Waals surface area (Å²) < 4.78 is 24.4. The van der Waals surface area contributed by atoms with Gasteiger partial charge in [-0.2, -0.15) is 0 Å². The smallest absolute Gasteiger partial charge is 0.343 e. The van der Waals surface area contributed by atoms with Crippen molar-refractivity contribution in [3.8, 4) is 5.75 Å². The molecule has 0 atom stereocenters. The first kappa shape index (κ1) is 16.0. The summed E-state index contributed by atoms with van der Waals surface area (Å²) in [5.74, 6) is -0.171. The first-order valence-electron chi connectivity index (χ1n) is 7.07. The molecule has 0 spiro atoms. The van der Waals surface area contributed by atoms with Crippen LogP contribution in [0.5, 0.6) is 5.75 Å². The maximum Gasteiger partial charge on any atom is 0.343 e. The second-order valence-corrected chi connectivity index (χ2v) is 4.68. The van der Waals surface area contributed by atoms with Gasteiger partial charge >= 0.3 is 5.97 Å². The molecule has 0 bridgehead atoms. The number of halogens is 1. The van der Waals surface area contributed by atoms with E-state index in [1.807, 2.05) is 0 Å². The van der Waals surface area contributed by atoms with Crippen LogP contribution in [0, 0.1) is 0 Å². The lowest BCUT2D eigenvalue weighted by Crippen LogP contribution is -2.21. The van der Waals surface area contributed by atoms with Crippen LogP contribution in [-0.2, 0) is 11.3 Å². The molecule has 1 aromatic heterocycles. The van der Waals surface area contributed by atoms with Gasteiger partial charge in [-0.1, -0.05) is 6.07 Å². The average Bonchev–Trinajstić information content (AvgIpc) is 2.54. The Labute approximate surface area is 127 Å². The third-order valence-corrected chi connectivity index (χ3v) is 3.31. The highest BCUT2D eigenvalue weighted by Gasteiger charge is 2.18. The van der Waals surface area contributed by atoms with E-state index in [0.29, 0.717) is 23.2 Å². The first-order valence-corrected chi connectivity index (χ1v) is 7.07. The Bertz CT molecular complexity index is 739. The number of alkyl halides is 1. The summed E-state index contributed by atoms with van der Waals surface area (Å²) >= 11 is 0. The Balaban J connectivity index is 2.73. The predicted octanol–water partition coefficient (Wildman–Crippen LogP) is 2.55. The van der Waals surface area contributed by atoms with Gasteiger partial charge in [-0.25, -0.2) is 4.79 Å². The highest BCUT2D eigenvalue weighted by atomic mass is 19.1. The number of para-hydroxylation sites is 1. The van der Waals surface area contributed by atoms with E-state index in [9.17, 15) is 14.0 Å². The molecule has 0 unspecified atom stereocenters. The lowest BCUT2D eigenvalue weighted by atomic mass is 10.1. The minimum atomic E-state index is -0.675. The van der Waals surface area contributed by atoms with Gasteiger partial charge in [-0.05, 0) is 25.5 Å². The maximum absolute atomic E-state index is 12.5. The van der Waals surface area contributed by atoms with E-state index in [0.717, 1.165) is 0 Å². The molecule has 5 nitrogen and oxygen atoms in total. The van der Waals surface area contributed by atoms with E-state index in [4.69, 9.17) is 9.47 Å². The third-order valence-electron chi connectivity index (χ3n) is 3.31. The third kappa shape index (κ3) is 2.95. The second-order valence-electron chi connectivity index (χ2n) is 4.68. The summed E-state index contributed by atoms with van der Waals surface area (Å²) in [5, 5.41) is 0.351. The Hall–Kier alpha value is -2.37. The molecule has 0 N–H and O–H groups in total. The fourth-order valence-electron chi connectivity index (χ4n) is 2.35. The highest BCUT2D eigenvalue weighted by Crippen LogP contribution is 2.24. The molecule has 0 saturated heterocycles. The molecule has 6 heteroatoms. The number of carbonyl (C=O) groups is 1. The number of hydrogen-bond donors (Lipinski definition) is 0. The Morgan fingerprint density at radius 3 is 2.77 bits per heavy atom. The van der Waals surface area contributed by atoms with Crippen molar-refractivity contribution < 1.29 is 18.7 Å². The number of ether oxygens (including phenoxy) is 2. The molecule has 1 heterocycles. The van der Waals surface area contributed by atoms with Gasteiger partial charge in [0.25, 0.3) is 0 Å². The lowest BCUT2D eigenvalue weighted by Gasteiger charge is -2.15. The molecule has 0 fully saturated rings. The minimum Gasteiger partial charge on any atom is -0.495 e. The van der Waals surface area contributed by atoms with Gasteiger partial charge in [-0.15, -0.1) is 0 Å². The number of methoxy groups -OCH3 is 1. The Morgan fingerprint density at radius 1 is 1.36 bits per heavy atom. The molecule has 0 saturated carbocycles. The molecule has 1 aromatic carbocycles. The Kier molecular flexibility index (Phi) is 5.14. The number of carbonyl (C=O) groups excluding carboxylic acids is 1. The van der Waals surface area contributed by atoms with Crippen molar-refractivity contribution in [1.29, 1.82) is 0 Å². The Morgan fingerprint density at radius 2 is 2.14 bits per heavy atom. The molecule has 2 rings (SSSR count). The van der Waals surface area contributed by atoms with Gasteiger partial charge in [0, 0.05) is 12.7 Å². The standard InChI is InChI=1S/C16H18FNO4/c1-3-22-16(20)12-10-18(9-5-8-17)14-11(15(12)19)6-4-7-13(14)21-2/h4,6-7,10H,3,5,8-9H2,1-2H3. The number of esters is 1. The summed E-state index contributed by atoms with van der Waals surface area (Å²) in [6.07, 6.45) is 1.69. The summed E-state index contributed by atoms with van der Waals surface area (Å²) in [6, 6.07) is 5.02. The quantitative estimate of drug-likeness (QED) is 0.770. The van der Waals surface area contributed by atoms with Crippen LogP contribution in [0.15, 0.2) is 29.2 Å². The highest BCUT2D eigenvalue weighted by molar-refractivity contribution is 5.95. The molecular formula is C16H18FNO4. The lowest BCUT2D eigenvalue weighted by molar-refractivity contribution is 0.0524. The van der Waals surface area contributed by atoms with E-state index in [-0.39, 0.29) is 18.6 Å². The monoisotopic (exact) mass is 307 g/mol. The molecule has 0 radical (unpaired) electrons. The van der Waals surface area contributed by atoms with Crippen molar-refractivity contribution in [3.05, 3.63) is 40.2 Å². The van der Waals surface area contributed by atoms with E-state index in [1.165, 1.54) is 13.3 Å². The number of fused-ring (bicyclic) bond motifs is 1. The fraction of sp³-hybridized carbons (Fsp3) is 0.375. The molecule has 22 heavy (non-hydrogen) atoms. The van der Waals surface area contributed by atoms with E-state index < -0.39 is 18.1 Å². The van der Waals surface area contributed by atoms with Crippen molar-refractivity contribution in [1.82, 2.24) is 4.57 Å². The summed E-state index contributed by atoms with van der Waals surface area (Å²) in [4.78, 5) is 24.4. The molecule has 2 aromatic rings. The van der Waals surface area contributed by atoms with Crippen LogP contribution in [-0.4, -0.2) is 30.9 Å². The van der Waals surface area contributed by atoms with Crippen LogP contribution in [0.2, 0.25) is 0 Å². The summed E-state index contributed by atoms with van der Waals surface area (Å²) in [5.41, 5.74) is 0.0850. The van der Waals surface area contributed by atoms with Crippen LogP contribution in [0.3, 0.4) is 0 Å². The number of nitrogens with zero attached hydrogens (tertiary/aromatic N) is 1. The topological polar surface area (TPSA) is 57.5 Å². The molecule has 118 valence electrons. The van der Waals surface area contributed by atoms with Crippen LogP contribution < -0.4 is 10.2 Å². The molecule has 0 aliphatic rings. The predicted molar refractivity (Wildman–Crippen MR) is 81.3 cm³/mol. The normalized spacial score (nSPS) is 10.7. The number of benzene rings is 1. The van der Waals surface area contributed by atoms with Gasteiger partial charge in [0.15, 0.2) is 0 Å². The number of aromatic nitrogens is 1. The van der Waals surface area contributed by atoms with Gasteiger partial charge in [0.2, 0.25) is 5.43 Å². The number of hydrogen-bond acceptors (Lipinski definition) is 4. The fourth-order valence-corrected chi connectivity index (χ4v) is 2.35. The van der Waals surface area contributed by atoms with Crippen LogP contribution >= 0.6 is 0 Å². The minimum absolute atomic E-state index is 0.0542. The molecule has 0 amide bonds. The van der Waals surface area contributed by atoms with Crippen LogP contribution in [0.25, 0.3) is 10.9 Å². The molecule has 0 aliphatic carbocycles. The van der Waals surface area contributed by atoms with Crippen LogP contribution in [0.1, 0.15) is 23.7 Å². The van der Waals surface area contributed by atoms with E-state index >= 15 is 0 Å². The summed E-state index contributed by atoms with van der Waals surface area (Å²) in [6.45, 7) is 1.69. The largest absolute Gasteiger partial charge is 0.495 e. The van der Waals surface area contributed by atoms with Gasteiger partial charge in [-0.3, -0.25) is 9.18 Å². The zero-order valence-electron chi connectivity index (χ0n) is 12.6. The van der Waals surface area contributed by atoms with E-state index in [2.05, 4.69) is 0 Å². The number of pyridine rings is 1. The van der Waals surface area contributed by atoms with E-state index in [1.54, 1.807) is 29.7 Å². The van der Waals surface area contributed by atoms with Gasteiger partial charge < -0.3 is 14.0 Å². The maximum atomic E-state index is 12.5. The average molecular weight is 307 g/mol. The van der Waals surface area contributed by atoms with Crippen molar-refractivity contribution >= 4 is 16.9 Å². The zero-order valence-corrected chi connectivity index (χ0v) is 12.6. The first-order chi connectivity index (χ1) is 10.6. The number of rotatable bonds is 6. The van der Waals surface area contributed by atoms with Crippen molar-refractivity contribution in [2.75, 3.05) is 20.4 Å². The van der Waals surface area contributed by atoms with Gasteiger partial charge in [0.1, 0.15) is 11.3 Å². The molecule has 0 aliphatic heterocycles. The van der Waals surface area contributed by atoms with Crippen LogP contribution in [0.4, 0.5) is 4.39 Å². The molecular weight excluding hydrogens is 289 g/mol.